The Balaban J connectivity index is 1.88. The fourth-order valence-corrected chi connectivity index (χ4v) is 1.54. The molecule has 0 bridgehead atoms. The van der Waals surface area contributed by atoms with Crippen molar-refractivity contribution in [2.75, 3.05) is 6.61 Å². The molecule has 0 saturated carbocycles. The van der Waals surface area contributed by atoms with Crippen LogP contribution in [0.5, 0.6) is 5.75 Å². The van der Waals surface area contributed by atoms with Crippen molar-refractivity contribution in [1.82, 2.24) is 0 Å². The molecule has 1 heterocycles. The van der Waals surface area contributed by atoms with Crippen molar-refractivity contribution in [2.45, 2.75) is 39.3 Å². The second kappa shape index (κ2) is 5.32. The molecule has 2 rings (SSSR count). The lowest BCUT2D eigenvalue weighted by Crippen LogP contribution is -2.31. The van der Waals surface area contributed by atoms with Crippen LogP contribution in [0.1, 0.15) is 25.8 Å². The number of rotatable bonds is 4. The summed E-state index contributed by atoms with van der Waals surface area (Å²) in [5, 5.41) is 0. The summed E-state index contributed by atoms with van der Waals surface area (Å²) in [6.07, 6.45) is 0.983. The minimum atomic E-state index is -0.274. The molecular formula is C13H18O3. The summed E-state index contributed by atoms with van der Waals surface area (Å²) in [5.41, 5.74) is 1.10. The number of hydrogen-bond donors (Lipinski definition) is 0. The molecule has 0 fully saturated rings. The molecule has 1 aromatic carbocycles. The van der Waals surface area contributed by atoms with Crippen LogP contribution in [-0.4, -0.2) is 19.0 Å². The summed E-state index contributed by atoms with van der Waals surface area (Å²) in [4.78, 5) is 0. The van der Waals surface area contributed by atoms with Gasteiger partial charge in [0.05, 0.1) is 12.7 Å². The predicted molar refractivity (Wildman–Crippen MR) is 61.4 cm³/mol. The molecule has 0 spiro atoms. The van der Waals surface area contributed by atoms with Gasteiger partial charge in [0.1, 0.15) is 12.4 Å². The van der Waals surface area contributed by atoms with Crippen LogP contribution in [-0.2, 0) is 16.1 Å². The largest absolute Gasteiger partial charge is 0.462 e. The van der Waals surface area contributed by atoms with Crippen molar-refractivity contribution in [1.29, 1.82) is 0 Å². The fraction of sp³-hybridized carbons (Fsp3) is 0.538. The highest BCUT2D eigenvalue weighted by Crippen LogP contribution is 2.25. The smallest absolute Gasteiger partial charge is 0.223 e. The van der Waals surface area contributed by atoms with Crippen molar-refractivity contribution in [3.8, 4) is 5.75 Å². The van der Waals surface area contributed by atoms with Crippen LogP contribution in [0.15, 0.2) is 24.3 Å². The van der Waals surface area contributed by atoms with E-state index in [1.54, 1.807) is 0 Å². The topological polar surface area (TPSA) is 27.7 Å². The van der Waals surface area contributed by atoms with Crippen LogP contribution in [0, 0.1) is 0 Å². The average Bonchev–Trinajstić information content (AvgIpc) is 2.35. The van der Waals surface area contributed by atoms with E-state index in [2.05, 4.69) is 13.8 Å². The van der Waals surface area contributed by atoms with Crippen LogP contribution in [0.3, 0.4) is 0 Å². The highest BCUT2D eigenvalue weighted by Gasteiger charge is 2.20. The van der Waals surface area contributed by atoms with Gasteiger partial charge >= 0.3 is 0 Å². The maximum atomic E-state index is 5.68. The molecule has 0 amide bonds. The van der Waals surface area contributed by atoms with E-state index in [-0.39, 0.29) is 12.4 Å². The van der Waals surface area contributed by atoms with Crippen LogP contribution in [0.2, 0.25) is 0 Å². The van der Waals surface area contributed by atoms with Crippen LogP contribution in [0.25, 0.3) is 0 Å². The number of fused-ring (bicyclic) bond motifs is 1. The standard InChI is InChI=1S/C13H18O3/c1-3-10(2)14-9-13-15-8-11-6-4-5-7-12(11)16-13/h4-7,10,13H,3,8-9H2,1-2H3. The molecule has 1 aromatic rings. The Morgan fingerprint density at radius 2 is 2.25 bits per heavy atom. The molecule has 3 nitrogen and oxygen atoms in total. The molecule has 16 heavy (non-hydrogen) atoms. The quantitative estimate of drug-likeness (QED) is 0.784. The minimum Gasteiger partial charge on any atom is -0.462 e. The Morgan fingerprint density at radius 3 is 3.06 bits per heavy atom. The molecule has 1 aliphatic heterocycles. The molecule has 88 valence electrons. The van der Waals surface area contributed by atoms with Gasteiger partial charge < -0.3 is 14.2 Å². The SMILES string of the molecule is CCC(C)OCC1OCc2ccccc2O1. The molecule has 2 atom stereocenters. The third-order valence-electron chi connectivity index (χ3n) is 2.75. The predicted octanol–water partition coefficient (Wildman–Crippen LogP) is 2.74. The maximum absolute atomic E-state index is 5.68. The second-order valence-electron chi connectivity index (χ2n) is 4.02. The Morgan fingerprint density at radius 1 is 1.44 bits per heavy atom. The van der Waals surface area contributed by atoms with E-state index in [9.17, 15) is 0 Å². The molecule has 0 radical (unpaired) electrons. The number of benzene rings is 1. The van der Waals surface area contributed by atoms with E-state index in [0.717, 1.165) is 17.7 Å². The summed E-state index contributed by atoms with van der Waals surface area (Å²) >= 11 is 0. The highest BCUT2D eigenvalue weighted by atomic mass is 16.7. The monoisotopic (exact) mass is 222 g/mol. The molecule has 0 aromatic heterocycles. The molecule has 1 aliphatic rings. The first-order chi connectivity index (χ1) is 7.79. The Kier molecular flexibility index (Phi) is 3.80. The van der Waals surface area contributed by atoms with E-state index in [1.165, 1.54) is 0 Å². The van der Waals surface area contributed by atoms with E-state index in [0.29, 0.717) is 13.2 Å². The summed E-state index contributed by atoms with van der Waals surface area (Å²) in [7, 11) is 0. The van der Waals surface area contributed by atoms with Crippen LogP contribution >= 0.6 is 0 Å². The summed E-state index contributed by atoms with van der Waals surface area (Å²) in [5.74, 6) is 0.909. The lowest BCUT2D eigenvalue weighted by molar-refractivity contribution is -0.152. The first kappa shape index (κ1) is 11.4. The van der Waals surface area contributed by atoms with Crippen molar-refractivity contribution in [3.05, 3.63) is 29.8 Å². The number of hydrogen-bond acceptors (Lipinski definition) is 3. The first-order valence-electron chi connectivity index (χ1n) is 5.77. The summed E-state index contributed by atoms with van der Waals surface area (Å²) in [6, 6.07) is 7.94. The van der Waals surface area contributed by atoms with E-state index < -0.39 is 0 Å². The van der Waals surface area contributed by atoms with Crippen LogP contribution < -0.4 is 4.74 Å². The van der Waals surface area contributed by atoms with Gasteiger partial charge in [-0.2, -0.15) is 0 Å². The molecular weight excluding hydrogens is 204 g/mol. The van der Waals surface area contributed by atoms with Gasteiger partial charge in [0, 0.05) is 5.56 Å². The Labute approximate surface area is 96.3 Å². The van der Waals surface area contributed by atoms with E-state index in [4.69, 9.17) is 14.2 Å². The summed E-state index contributed by atoms with van der Waals surface area (Å²) in [6.45, 7) is 5.24. The second-order valence-corrected chi connectivity index (χ2v) is 4.02. The molecule has 3 heteroatoms. The van der Waals surface area contributed by atoms with Gasteiger partial charge in [-0.3, -0.25) is 0 Å². The third kappa shape index (κ3) is 2.74. The van der Waals surface area contributed by atoms with Gasteiger partial charge in [0.2, 0.25) is 6.29 Å². The lowest BCUT2D eigenvalue weighted by atomic mass is 10.2. The van der Waals surface area contributed by atoms with E-state index in [1.807, 2.05) is 24.3 Å². The Bertz CT molecular complexity index is 338. The van der Waals surface area contributed by atoms with Gasteiger partial charge in [0.25, 0.3) is 0 Å². The van der Waals surface area contributed by atoms with Gasteiger partial charge in [-0.15, -0.1) is 0 Å². The average molecular weight is 222 g/mol. The van der Waals surface area contributed by atoms with Gasteiger partial charge in [0.15, 0.2) is 0 Å². The molecule has 2 unspecified atom stereocenters. The first-order valence-corrected chi connectivity index (χ1v) is 5.77. The van der Waals surface area contributed by atoms with Crippen LogP contribution in [0.4, 0.5) is 0 Å². The van der Waals surface area contributed by atoms with Gasteiger partial charge in [-0.25, -0.2) is 0 Å². The Hall–Kier alpha value is -1.06. The minimum absolute atomic E-state index is 0.254. The van der Waals surface area contributed by atoms with Gasteiger partial charge in [-0.1, -0.05) is 25.1 Å². The van der Waals surface area contributed by atoms with Crippen molar-refractivity contribution >= 4 is 0 Å². The van der Waals surface area contributed by atoms with Gasteiger partial charge in [-0.05, 0) is 19.4 Å². The zero-order valence-corrected chi connectivity index (χ0v) is 9.81. The highest BCUT2D eigenvalue weighted by molar-refractivity contribution is 5.33. The summed E-state index contributed by atoms with van der Waals surface area (Å²) < 4.78 is 16.8. The number of para-hydroxylation sites is 1. The van der Waals surface area contributed by atoms with Crippen molar-refractivity contribution in [2.24, 2.45) is 0 Å². The molecule has 0 saturated heterocycles. The lowest BCUT2D eigenvalue weighted by Gasteiger charge is -2.27. The van der Waals surface area contributed by atoms with Crippen molar-refractivity contribution < 1.29 is 14.2 Å². The zero-order valence-electron chi connectivity index (χ0n) is 9.81. The van der Waals surface area contributed by atoms with Crippen molar-refractivity contribution in [3.63, 3.8) is 0 Å². The molecule has 0 N–H and O–H groups in total. The normalized spacial score (nSPS) is 21.0. The van der Waals surface area contributed by atoms with E-state index >= 15 is 0 Å². The maximum Gasteiger partial charge on any atom is 0.223 e. The number of ether oxygens (including phenoxy) is 3. The third-order valence-corrected chi connectivity index (χ3v) is 2.75. The zero-order chi connectivity index (χ0) is 11.4. The molecule has 0 aliphatic carbocycles. The fourth-order valence-electron chi connectivity index (χ4n) is 1.54.